The van der Waals surface area contributed by atoms with Crippen LogP contribution in [0.1, 0.15) is 24.3 Å². The zero-order valence-corrected chi connectivity index (χ0v) is 15.0. The van der Waals surface area contributed by atoms with Gasteiger partial charge in [0.25, 0.3) is 0 Å². The summed E-state index contributed by atoms with van der Waals surface area (Å²) in [5.74, 6) is 1.82. The van der Waals surface area contributed by atoms with Gasteiger partial charge < -0.3 is 14.3 Å². The highest BCUT2D eigenvalue weighted by Gasteiger charge is 2.26. The minimum atomic E-state index is 0.0614. The van der Waals surface area contributed by atoms with Crippen molar-refractivity contribution in [1.29, 1.82) is 0 Å². The van der Waals surface area contributed by atoms with E-state index in [0.29, 0.717) is 30.6 Å². The number of amides is 1. The maximum absolute atomic E-state index is 12.4. The van der Waals surface area contributed by atoms with Crippen LogP contribution >= 0.6 is 0 Å². The van der Waals surface area contributed by atoms with Crippen LogP contribution in [-0.4, -0.2) is 34.0 Å². The van der Waals surface area contributed by atoms with Gasteiger partial charge in [-0.1, -0.05) is 35.5 Å². The van der Waals surface area contributed by atoms with Crippen LogP contribution < -0.4 is 5.32 Å². The van der Waals surface area contributed by atoms with Gasteiger partial charge in [0.15, 0.2) is 5.76 Å². The summed E-state index contributed by atoms with van der Waals surface area (Å²) < 4.78 is 10.6. The Balaban J connectivity index is 1.23. The van der Waals surface area contributed by atoms with Crippen LogP contribution in [0.25, 0.3) is 11.6 Å². The van der Waals surface area contributed by atoms with E-state index >= 15 is 0 Å². The van der Waals surface area contributed by atoms with Crippen molar-refractivity contribution in [1.82, 2.24) is 20.4 Å². The van der Waals surface area contributed by atoms with E-state index in [1.54, 1.807) is 18.4 Å². The minimum Gasteiger partial charge on any atom is -0.461 e. The number of aromatic nitrogens is 2. The Kier molecular flexibility index (Phi) is 5.29. The Bertz CT molecular complexity index is 853. The molecule has 1 fully saturated rings. The number of rotatable bonds is 6. The first kappa shape index (κ1) is 17.5. The smallest absolute Gasteiger partial charge is 0.241 e. The monoisotopic (exact) mass is 366 g/mol. The molecule has 4 rings (SSSR count). The van der Waals surface area contributed by atoms with Crippen LogP contribution in [0.2, 0.25) is 0 Å². The van der Waals surface area contributed by atoms with Gasteiger partial charge in [-0.3, -0.25) is 9.69 Å². The van der Waals surface area contributed by atoms with Crippen molar-refractivity contribution >= 4 is 5.91 Å². The summed E-state index contributed by atoms with van der Waals surface area (Å²) in [4.78, 5) is 19.0. The third-order valence-corrected chi connectivity index (χ3v) is 4.84. The largest absolute Gasteiger partial charge is 0.461 e. The normalized spacial score (nSPS) is 15.7. The fraction of sp³-hybridized carbons (Fsp3) is 0.350. The van der Waals surface area contributed by atoms with E-state index in [2.05, 4.69) is 20.4 Å². The Morgan fingerprint density at radius 3 is 2.70 bits per heavy atom. The lowest BCUT2D eigenvalue weighted by atomic mass is 9.96. The quantitative estimate of drug-likeness (QED) is 0.722. The number of carbonyl (C=O) groups excluding carboxylic acids is 1. The molecule has 7 heteroatoms. The van der Waals surface area contributed by atoms with Crippen molar-refractivity contribution in [3.63, 3.8) is 0 Å². The van der Waals surface area contributed by atoms with E-state index in [-0.39, 0.29) is 11.8 Å². The number of nitrogens with zero attached hydrogens (tertiary/aromatic N) is 3. The van der Waals surface area contributed by atoms with E-state index in [4.69, 9.17) is 8.94 Å². The van der Waals surface area contributed by atoms with E-state index in [0.717, 1.165) is 31.5 Å². The van der Waals surface area contributed by atoms with Gasteiger partial charge in [0.1, 0.15) is 0 Å². The lowest BCUT2D eigenvalue weighted by Gasteiger charge is -2.30. The minimum absolute atomic E-state index is 0.0614. The van der Waals surface area contributed by atoms with E-state index < -0.39 is 0 Å². The molecule has 0 saturated carbocycles. The van der Waals surface area contributed by atoms with E-state index in [9.17, 15) is 4.79 Å². The number of likely N-dealkylation sites (tertiary alicyclic amines) is 1. The second kappa shape index (κ2) is 8.18. The van der Waals surface area contributed by atoms with Crippen molar-refractivity contribution in [3.8, 4) is 11.6 Å². The van der Waals surface area contributed by atoms with Crippen molar-refractivity contribution in [2.75, 3.05) is 13.1 Å². The Hall–Kier alpha value is -2.93. The van der Waals surface area contributed by atoms with E-state index in [1.165, 1.54) is 0 Å². The zero-order chi connectivity index (χ0) is 18.5. The highest BCUT2D eigenvalue weighted by atomic mass is 16.5. The zero-order valence-electron chi connectivity index (χ0n) is 15.0. The van der Waals surface area contributed by atoms with Crippen molar-refractivity contribution in [2.45, 2.75) is 25.9 Å². The molecule has 3 heterocycles. The molecule has 0 aliphatic carbocycles. The number of furan rings is 1. The maximum atomic E-state index is 12.4. The summed E-state index contributed by atoms with van der Waals surface area (Å²) in [5.41, 5.74) is 1.12. The van der Waals surface area contributed by atoms with Gasteiger partial charge in [-0.2, -0.15) is 4.98 Å². The average Bonchev–Trinajstić information content (AvgIpc) is 3.39. The molecular weight excluding hydrogens is 344 g/mol. The van der Waals surface area contributed by atoms with Crippen molar-refractivity contribution < 1.29 is 13.7 Å². The molecule has 140 valence electrons. The first-order chi connectivity index (χ1) is 13.3. The molecule has 7 nitrogen and oxygen atoms in total. The molecule has 27 heavy (non-hydrogen) atoms. The molecule has 1 aromatic carbocycles. The SMILES string of the molecule is O=C(NCc1ccccc1)C1CCN(Cc2nc(-c3ccco3)no2)CC1. The summed E-state index contributed by atoms with van der Waals surface area (Å²) in [6.45, 7) is 2.84. The molecule has 3 aromatic rings. The summed E-state index contributed by atoms with van der Waals surface area (Å²) in [6.07, 6.45) is 3.25. The molecule has 1 N–H and O–H groups in total. The van der Waals surface area contributed by atoms with Gasteiger partial charge >= 0.3 is 0 Å². The second-order valence-corrected chi connectivity index (χ2v) is 6.74. The molecule has 1 aliphatic rings. The number of hydrogen-bond donors (Lipinski definition) is 1. The van der Waals surface area contributed by atoms with Gasteiger partial charge in [0, 0.05) is 12.5 Å². The number of piperidine rings is 1. The summed E-state index contributed by atoms with van der Waals surface area (Å²) in [7, 11) is 0. The van der Waals surface area contributed by atoms with Gasteiger partial charge in [-0.25, -0.2) is 0 Å². The van der Waals surface area contributed by atoms with Crippen LogP contribution in [0.15, 0.2) is 57.7 Å². The van der Waals surface area contributed by atoms with Crippen LogP contribution in [0.3, 0.4) is 0 Å². The molecule has 0 bridgehead atoms. The van der Waals surface area contributed by atoms with Gasteiger partial charge in [0.2, 0.25) is 17.6 Å². The third-order valence-electron chi connectivity index (χ3n) is 4.84. The first-order valence-electron chi connectivity index (χ1n) is 9.18. The number of carbonyl (C=O) groups is 1. The number of benzene rings is 1. The van der Waals surface area contributed by atoms with Gasteiger partial charge in [-0.15, -0.1) is 0 Å². The molecular formula is C20H22N4O3. The highest BCUT2D eigenvalue weighted by Crippen LogP contribution is 2.21. The highest BCUT2D eigenvalue weighted by molar-refractivity contribution is 5.78. The molecule has 0 unspecified atom stereocenters. The first-order valence-corrected chi connectivity index (χ1v) is 9.18. The second-order valence-electron chi connectivity index (χ2n) is 6.74. The lowest BCUT2D eigenvalue weighted by Crippen LogP contribution is -2.40. The van der Waals surface area contributed by atoms with Crippen LogP contribution in [0.4, 0.5) is 0 Å². The molecule has 1 aliphatic heterocycles. The van der Waals surface area contributed by atoms with Gasteiger partial charge in [-0.05, 0) is 43.6 Å². The molecule has 1 saturated heterocycles. The predicted octanol–water partition coefficient (Wildman–Crippen LogP) is 2.86. The van der Waals surface area contributed by atoms with Crippen molar-refractivity contribution in [3.05, 3.63) is 60.2 Å². The summed E-state index contributed by atoms with van der Waals surface area (Å²) in [6, 6.07) is 13.6. The van der Waals surface area contributed by atoms with Crippen molar-refractivity contribution in [2.24, 2.45) is 5.92 Å². The molecule has 2 aromatic heterocycles. The fourth-order valence-corrected chi connectivity index (χ4v) is 3.30. The standard InChI is InChI=1S/C20H22N4O3/c25-20(21-13-15-5-2-1-3-6-15)16-8-10-24(11-9-16)14-18-22-19(23-27-18)17-7-4-12-26-17/h1-7,12,16H,8-11,13-14H2,(H,21,25). The van der Waals surface area contributed by atoms with Gasteiger partial charge in [0.05, 0.1) is 12.8 Å². The van der Waals surface area contributed by atoms with Crippen LogP contribution in [0, 0.1) is 5.92 Å². The average molecular weight is 366 g/mol. The Morgan fingerprint density at radius 2 is 1.96 bits per heavy atom. The van der Waals surface area contributed by atoms with Crippen LogP contribution in [0.5, 0.6) is 0 Å². The van der Waals surface area contributed by atoms with E-state index in [1.807, 2.05) is 30.3 Å². The fourth-order valence-electron chi connectivity index (χ4n) is 3.30. The molecule has 1 amide bonds. The molecule has 0 spiro atoms. The Labute approximate surface area is 157 Å². The summed E-state index contributed by atoms with van der Waals surface area (Å²) in [5, 5.41) is 6.99. The topological polar surface area (TPSA) is 84.4 Å². The lowest BCUT2D eigenvalue weighted by molar-refractivity contribution is -0.126. The third kappa shape index (κ3) is 4.43. The van der Waals surface area contributed by atoms with Crippen LogP contribution in [-0.2, 0) is 17.9 Å². The number of nitrogens with one attached hydrogen (secondary N) is 1. The molecule has 0 atom stereocenters. The predicted molar refractivity (Wildman–Crippen MR) is 98.3 cm³/mol. The summed E-state index contributed by atoms with van der Waals surface area (Å²) >= 11 is 0. The molecule has 0 radical (unpaired) electrons. The number of hydrogen-bond acceptors (Lipinski definition) is 6. The Morgan fingerprint density at radius 1 is 1.15 bits per heavy atom. The maximum Gasteiger partial charge on any atom is 0.241 e.